The zero-order valence-corrected chi connectivity index (χ0v) is 17.6. The topological polar surface area (TPSA) is 52.6 Å². The minimum absolute atomic E-state index is 0. The largest absolute Gasteiger partial charge is 0.357 e. The second-order valence-electron chi connectivity index (χ2n) is 5.66. The van der Waals surface area contributed by atoms with Crippen LogP contribution in [-0.2, 0) is 6.42 Å². The zero-order chi connectivity index (χ0) is 15.8. The van der Waals surface area contributed by atoms with Crippen LogP contribution in [0.5, 0.6) is 0 Å². The quantitative estimate of drug-likeness (QED) is 0.345. The Balaban J connectivity index is 0.00000264. The first kappa shape index (κ1) is 20.6. The van der Waals surface area contributed by atoms with E-state index in [4.69, 9.17) is 0 Å². The molecule has 0 aliphatic heterocycles. The lowest BCUT2D eigenvalue weighted by molar-refractivity contribution is 0.286. The van der Waals surface area contributed by atoms with E-state index in [1.807, 2.05) is 6.20 Å². The number of guanidine groups is 1. The molecule has 7 heteroatoms. The summed E-state index contributed by atoms with van der Waals surface area (Å²) in [5.74, 6) is 0.919. The number of aromatic nitrogens is 1. The summed E-state index contributed by atoms with van der Waals surface area (Å²) in [5, 5.41) is 7.90. The van der Waals surface area contributed by atoms with Crippen molar-refractivity contribution in [2.45, 2.75) is 46.1 Å². The Morgan fingerprint density at radius 2 is 2.17 bits per heavy atom. The van der Waals surface area contributed by atoms with Gasteiger partial charge >= 0.3 is 0 Å². The van der Waals surface area contributed by atoms with Crippen LogP contribution >= 0.6 is 35.3 Å². The average Bonchev–Trinajstić information content (AvgIpc) is 3.26. The molecule has 0 atom stereocenters. The van der Waals surface area contributed by atoms with Gasteiger partial charge in [0.1, 0.15) is 0 Å². The first-order valence-electron chi connectivity index (χ1n) is 8.40. The van der Waals surface area contributed by atoms with Crippen molar-refractivity contribution in [1.82, 2.24) is 20.5 Å². The van der Waals surface area contributed by atoms with Crippen LogP contribution in [0, 0.1) is 6.92 Å². The molecule has 1 heterocycles. The maximum absolute atomic E-state index is 4.68. The molecule has 2 rings (SSSR count). The van der Waals surface area contributed by atoms with Crippen molar-refractivity contribution >= 4 is 41.3 Å². The fourth-order valence-electron chi connectivity index (χ4n) is 2.48. The Hall–Kier alpha value is -0.410. The standard InChI is InChI=1S/C16H29N5S.HI/c1-4-17-16(18-9-8-15-20-12-13(3)22-15)19-10-11-21(5-2)14-6-7-14;/h12,14H,4-11H2,1-3H3,(H2,17,18,19);1H. The molecule has 0 aromatic carbocycles. The number of nitrogens with one attached hydrogen (secondary N) is 2. The molecule has 1 fully saturated rings. The summed E-state index contributed by atoms with van der Waals surface area (Å²) >= 11 is 1.77. The lowest BCUT2D eigenvalue weighted by atomic mass is 10.4. The van der Waals surface area contributed by atoms with Crippen LogP contribution in [0.3, 0.4) is 0 Å². The first-order valence-corrected chi connectivity index (χ1v) is 9.22. The summed E-state index contributed by atoms with van der Waals surface area (Å²) in [6.07, 6.45) is 5.62. The molecule has 0 spiro atoms. The van der Waals surface area contributed by atoms with Gasteiger partial charge in [-0.25, -0.2) is 4.98 Å². The number of aryl methyl sites for hydroxylation is 1. The zero-order valence-electron chi connectivity index (χ0n) is 14.5. The Morgan fingerprint density at radius 1 is 1.39 bits per heavy atom. The second-order valence-corrected chi connectivity index (χ2v) is 6.98. The summed E-state index contributed by atoms with van der Waals surface area (Å²) in [4.78, 5) is 12.9. The molecular weight excluding hydrogens is 421 g/mol. The van der Waals surface area contributed by atoms with Crippen LogP contribution < -0.4 is 10.6 Å². The van der Waals surface area contributed by atoms with E-state index in [1.54, 1.807) is 11.3 Å². The van der Waals surface area contributed by atoms with Crippen LogP contribution in [0.25, 0.3) is 0 Å². The highest BCUT2D eigenvalue weighted by atomic mass is 127. The SMILES string of the molecule is CCNC(=NCCN(CC)C1CC1)NCCc1ncc(C)s1.I. The van der Waals surface area contributed by atoms with Crippen LogP contribution in [0.4, 0.5) is 0 Å². The minimum Gasteiger partial charge on any atom is -0.357 e. The normalized spacial score (nSPS) is 14.7. The molecule has 1 aliphatic rings. The predicted octanol–water partition coefficient (Wildman–Crippen LogP) is 2.65. The molecule has 5 nitrogen and oxygen atoms in total. The summed E-state index contributed by atoms with van der Waals surface area (Å²) in [6, 6.07) is 0.823. The van der Waals surface area contributed by atoms with E-state index in [1.165, 1.54) is 22.7 Å². The molecule has 0 saturated heterocycles. The monoisotopic (exact) mass is 451 g/mol. The fraction of sp³-hybridized carbons (Fsp3) is 0.750. The number of likely N-dealkylation sites (N-methyl/N-ethyl adjacent to an activating group) is 1. The molecule has 23 heavy (non-hydrogen) atoms. The van der Waals surface area contributed by atoms with Gasteiger partial charge in [-0.2, -0.15) is 0 Å². The average molecular weight is 451 g/mol. The van der Waals surface area contributed by atoms with Gasteiger partial charge in [-0.05, 0) is 33.2 Å². The van der Waals surface area contributed by atoms with Crippen molar-refractivity contribution < 1.29 is 0 Å². The lowest BCUT2D eigenvalue weighted by Crippen LogP contribution is -2.39. The Morgan fingerprint density at radius 3 is 2.74 bits per heavy atom. The Kier molecular flexibility index (Phi) is 10.0. The second kappa shape index (κ2) is 11.2. The molecule has 132 valence electrons. The van der Waals surface area contributed by atoms with Crippen LogP contribution in [-0.4, -0.2) is 54.6 Å². The van der Waals surface area contributed by atoms with Crippen LogP contribution in [0.2, 0.25) is 0 Å². The van der Waals surface area contributed by atoms with Crippen molar-refractivity contribution in [3.8, 4) is 0 Å². The Labute approximate surface area is 161 Å². The van der Waals surface area contributed by atoms with Crippen molar-refractivity contribution in [3.05, 3.63) is 16.1 Å². The highest BCUT2D eigenvalue weighted by Crippen LogP contribution is 2.25. The Bertz CT molecular complexity index is 473. The molecular formula is C16H30IN5S. The first-order chi connectivity index (χ1) is 10.7. The number of rotatable bonds is 9. The maximum atomic E-state index is 4.68. The number of hydrogen-bond donors (Lipinski definition) is 2. The van der Waals surface area contributed by atoms with Gasteiger partial charge < -0.3 is 10.6 Å². The van der Waals surface area contributed by atoms with Crippen molar-refractivity contribution in [1.29, 1.82) is 0 Å². The van der Waals surface area contributed by atoms with Crippen molar-refractivity contribution in [2.24, 2.45) is 4.99 Å². The van der Waals surface area contributed by atoms with Crippen LogP contribution in [0.15, 0.2) is 11.2 Å². The van der Waals surface area contributed by atoms with Gasteiger partial charge in [0, 0.05) is 43.2 Å². The number of nitrogens with zero attached hydrogens (tertiary/aromatic N) is 3. The highest BCUT2D eigenvalue weighted by molar-refractivity contribution is 14.0. The molecule has 0 bridgehead atoms. The molecule has 0 unspecified atom stereocenters. The molecule has 0 radical (unpaired) electrons. The summed E-state index contributed by atoms with van der Waals surface area (Å²) in [5.41, 5.74) is 0. The smallest absolute Gasteiger partial charge is 0.191 e. The van der Waals surface area contributed by atoms with Gasteiger partial charge in [0.25, 0.3) is 0 Å². The van der Waals surface area contributed by atoms with Crippen molar-refractivity contribution in [3.63, 3.8) is 0 Å². The van der Waals surface area contributed by atoms with Crippen molar-refractivity contribution in [2.75, 3.05) is 32.7 Å². The van der Waals surface area contributed by atoms with Gasteiger partial charge in [-0.3, -0.25) is 9.89 Å². The number of hydrogen-bond acceptors (Lipinski definition) is 4. The number of halogens is 1. The molecule has 0 amide bonds. The van der Waals surface area contributed by atoms with Gasteiger partial charge in [0.2, 0.25) is 0 Å². The van der Waals surface area contributed by atoms with E-state index in [-0.39, 0.29) is 24.0 Å². The van der Waals surface area contributed by atoms with Gasteiger partial charge in [0.05, 0.1) is 11.6 Å². The summed E-state index contributed by atoms with van der Waals surface area (Å²) < 4.78 is 0. The van der Waals surface area contributed by atoms with E-state index in [0.717, 1.165) is 51.1 Å². The minimum atomic E-state index is 0. The van der Waals surface area contributed by atoms with Gasteiger partial charge in [-0.1, -0.05) is 6.92 Å². The van der Waals surface area contributed by atoms with E-state index < -0.39 is 0 Å². The maximum Gasteiger partial charge on any atom is 0.191 e. The van der Waals surface area contributed by atoms with E-state index in [2.05, 4.69) is 46.3 Å². The van der Waals surface area contributed by atoms with Gasteiger partial charge in [0.15, 0.2) is 5.96 Å². The third-order valence-electron chi connectivity index (χ3n) is 3.77. The van der Waals surface area contributed by atoms with Crippen LogP contribution in [0.1, 0.15) is 36.6 Å². The lowest BCUT2D eigenvalue weighted by Gasteiger charge is -2.18. The van der Waals surface area contributed by atoms with Gasteiger partial charge in [-0.15, -0.1) is 35.3 Å². The predicted molar refractivity (Wildman–Crippen MR) is 110 cm³/mol. The molecule has 1 saturated carbocycles. The van der Waals surface area contributed by atoms with E-state index in [9.17, 15) is 0 Å². The number of aliphatic imine (C=N–C) groups is 1. The summed E-state index contributed by atoms with van der Waals surface area (Å²) in [7, 11) is 0. The fourth-order valence-corrected chi connectivity index (χ4v) is 3.26. The highest BCUT2D eigenvalue weighted by Gasteiger charge is 2.27. The molecule has 1 aromatic heterocycles. The summed E-state index contributed by atoms with van der Waals surface area (Å²) in [6.45, 7) is 11.2. The van der Waals surface area contributed by atoms with E-state index >= 15 is 0 Å². The third-order valence-corrected chi connectivity index (χ3v) is 4.74. The number of thiazole rings is 1. The third kappa shape index (κ3) is 7.80. The molecule has 2 N–H and O–H groups in total. The molecule has 1 aliphatic carbocycles. The molecule has 1 aromatic rings. The van der Waals surface area contributed by atoms with E-state index in [0.29, 0.717) is 0 Å².